The van der Waals surface area contributed by atoms with Gasteiger partial charge < -0.3 is 15.0 Å². The summed E-state index contributed by atoms with van der Waals surface area (Å²) >= 11 is 2.28. The highest BCUT2D eigenvalue weighted by atomic mass is 127. The zero-order chi connectivity index (χ0) is 17.3. The van der Waals surface area contributed by atoms with E-state index in [1.165, 1.54) is 0 Å². The van der Waals surface area contributed by atoms with E-state index in [0.717, 1.165) is 57.8 Å². The normalized spacial score (nSPS) is 16.8. The number of fused-ring (bicyclic) bond motifs is 1. The highest BCUT2D eigenvalue weighted by Gasteiger charge is 2.22. The van der Waals surface area contributed by atoms with Crippen LogP contribution in [0.3, 0.4) is 0 Å². The Bertz CT molecular complexity index is 727. The van der Waals surface area contributed by atoms with Crippen LogP contribution in [0.5, 0.6) is 5.75 Å². The molecule has 0 radical (unpaired) electrons. The Morgan fingerprint density at radius 1 is 1.25 bits per heavy atom. The topological polar surface area (TPSA) is 50.3 Å². The number of hydrogen-bond donors (Lipinski definition) is 1. The van der Waals surface area contributed by atoms with Gasteiger partial charge in [0, 0.05) is 30.6 Å². The molecular weight excluding hydrogens is 415 g/mol. The number of aromatic nitrogens is 2. The fraction of sp³-hybridized carbons (Fsp3) is 0.556. The molecule has 1 fully saturated rings. The molecule has 130 valence electrons. The maximum atomic E-state index is 5.47. The van der Waals surface area contributed by atoms with Crippen LogP contribution >= 0.6 is 22.6 Å². The minimum Gasteiger partial charge on any atom is -0.496 e. The lowest BCUT2D eigenvalue weighted by atomic mass is 10.0. The van der Waals surface area contributed by atoms with Crippen LogP contribution in [0.1, 0.15) is 32.5 Å². The van der Waals surface area contributed by atoms with Gasteiger partial charge in [0.2, 0.25) is 0 Å². The Labute approximate surface area is 157 Å². The van der Waals surface area contributed by atoms with Crippen molar-refractivity contribution in [2.24, 2.45) is 0 Å². The molecule has 1 aliphatic heterocycles. The van der Waals surface area contributed by atoms with Crippen molar-refractivity contribution >= 4 is 39.3 Å². The summed E-state index contributed by atoms with van der Waals surface area (Å²) in [5.41, 5.74) is 0.967. The van der Waals surface area contributed by atoms with Crippen LogP contribution < -0.4 is 10.1 Å². The second-order valence-corrected chi connectivity index (χ2v) is 7.83. The fourth-order valence-corrected chi connectivity index (χ4v) is 3.94. The van der Waals surface area contributed by atoms with Crippen molar-refractivity contribution in [3.8, 4) is 5.75 Å². The van der Waals surface area contributed by atoms with Gasteiger partial charge >= 0.3 is 0 Å². The molecule has 1 aliphatic rings. The third-order valence-electron chi connectivity index (χ3n) is 4.68. The second-order valence-electron chi connectivity index (χ2n) is 6.67. The molecule has 0 unspecified atom stereocenters. The van der Waals surface area contributed by atoms with E-state index in [1.54, 1.807) is 7.11 Å². The summed E-state index contributed by atoms with van der Waals surface area (Å²) in [5, 5.41) is 4.69. The molecule has 2 aromatic rings. The Morgan fingerprint density at radius 2 is 1.96 bits per heavy atom. The number of hydrogen-bond acceptors (Lipinski definition) is 5. The van der Waals surface area contributed by atoms with Crippen molar-refractivity contribution in [3.63, 3.8) is 0 Å². The number of likely N-dealkylation sites (tertiary alicyclic amines) is 1. The van der Waals surface area contributed by atoms with Gasteiger partial charge in [-0.2, -0.15) is 0 Å². The molecule has 1 N–H and O–H groups in total. The van der Waals surface area contributed by atoms with Crippen LogP contribution in [0.2, 0.25) is 0 Å². The molecule has 0 amide bonds. The van der Waals surface area contributed by atoms with E-state index < -0.39 is 0 Å². The van der Waals surface area contributed by atoms with Gasteiger partial charge in [0.05, 0.1) is 16.2 Å². The summed E-state index contributed by atoms with van der Waals surface area (Å²) < 4.78 is 6.54. The number of rotatable bonds is 4. The first kappa shape index (κ1) is 17.7. The van der Waals surface area contributed by atoms with Crippen molar-refractivity contribution in [2.75, 3.05) is 25.5 Å². The molecule has 1 saturated heterocycles. The lowest BCUT2D eigenvalue weighted by Crippen LogP contribution is -2.42. The summed E-state index contributed by atoms with van der Waals surface area (Å²) in [6.45, 7) is 8.76. The molecule has 1 aromatic heterocycles. The first-order valence-electron chi connectivity index (χ1n) is 8.50. The minimum absolute atomic E-state index is 0.461. The number of methoxy groups -OCH3 is 1. The number of piperidine rings is 1. The highest BCUT2D eigenvalue weighted by Crippen LogP contribution is 2.31. The van der Waals surface area contributed by atoms with Gasteiger partial charge in [-0.1, -0.05) is 0 Å². The fourth-order valence-electron chi connectivity index (χ4n) is 3.27. The van der Waals surface area contributed by atoms with E-state index in [2.05, 4.69) is 62.7 Å². The summed E-state index contributed by atoms with van der Waals surface area (Å²) in [5.74, 6) is 2.59. The van der Waals surface area contributed by atoms with Crippen molar-refractivity contribution < 1.29 is 4.74 Å². The zero-order valence-corrected chi connectivity index (χ0v) is 16.9. The minimum atomic E-state index is 0.461. The molecular formula is C18H25IN4O. The van der Waals surface area contributed by atoms with Crippen molar-refractivity contribution in [2.45, 2.75) is 45.7 Å². The summed E-state index contributed by atoms with van der Waals surface area (Å²) in [7, 11) is 1.70. The number of nitrogens with one attached hydrogen (secondary N) is 1. The first-order chi connectivity index (χ1) is 11.5. The summed E-state index contributed by atoms with van der Waals surface area (Å²) in [4.78, 5) is 11.8. The predicted molar refractivity (Wildman–Crippen MR) is 107 cm³/mol. The molecule has 3 rings (SSSR count). The van der Waals surface area contributed by atoms with Crippen molar-refractivity contribution in [1.82, 2.24) is 14.9 Å². The Morgan fingerprint density at radius 3 is 2.58 bits per heavy atom. The van der Waals surface area contributed by atoms with Crippen LogP contribution in [0.25, 0.3) is 10.9 Å². The molecule has 6 heteroatoms. The lowest BCUT2D eigenvalue weighted by Gasteiger charge is -2.35. The maximum Gasteiger partial charge on any atom is 0.137 e. The highest BCUT2D eigenvalue weighted by molar-refractivity contribution is 14.1. The van der Waals surface area contributed by atoms with Crippen molar-refractivity contribution in [3.05, 3.63) is 21.5 Å². The molecule has 24 heavy (non-hydrogen) atoms. The van der Waals surface area contributed by atoms with E-state index in [-0.39, 0.29) is 0 Å². The monoisotopic (exact) mass is 440 g/mol. The predicted octanol–water partition coefficient (Wildman–Crippen LogP) is 3.84. The van der Waals surface area contributed by atoms with E-state index >= 15 is 0 Å². The van der Waals surface area contributed by atoms with Crippen LogP contribution in [-0.4, -0.2) is 47.2 Å². The molecule has 0 atom stereocenters. The van der Waals surface area contributed by atoms with Crippen molar-refractivity contribution in [1.29, 1.82) is 0 Å². The molecule has 0 aliphatic carbocycles. The van der Waals surface area contributed by atoms with Crippen LogP contribution in [0.4, 0.5) is 5.82 Å². The average Bonchev–Trinajstić information content (AvgIpc) is 2.54. The Kier molecular flexibility index (Phi) is 5.44. The van der Waals surface area contributed by atoms with Crippen LogP contribution in [0, 0.1) is 10.5 Å². The third kappa shape index (κ3) is 3.74. The number of nitrogens with zero attached hydrogens (tertiary/aromatic N) is 3. The van der Waals surface area contributed by atoms with Gasteiger partial charge in [-0.3, -0.25) is 0 Å². The molecule has 0 bridgehead atoms. The molecule has 2 heterocycles. The Balaban J connectivity index is 1.86. The average molecular weight is 440 g/mol. The number of anilines is 1. The van der Waals surface area contributed by atoms with Gasteiger partial charge in [-0.05, 0) is 68.3 Å². The van der Waals surface area contributed by atoms with Gasteiger partial charge in [-0.25, -0.2) is 9.97 Å². The van der Waals surface area contributed by atoms with Gasteiger partial charge in [0.15, 0.2) is 0 Å². The van der Waals surface area contributed by atoms with Crippen LogP contribution in [0.15, 0.2) is 12.1 Å². The molecule has 0 spiro atoms. The number of benzene rings is 1. The first-order valence-corrected chi connectivity index (χ1v) is 9.58. The maximum absolute atomic E-state index is 5.47. The van der Waals surface area contributed by atoms with E-state index in [0.29, 0.717) is 12.1 Å². The third-order valence-corrected chi connectivity index (χ3v) is 5.52. The number of aryl methyl sites for hydroxylation is 1. The Hall–Kier alpha value is -1.15. The van der Waals surface area contributed by atoms with E-state index in [4.69, 9.17) is 4.74 Å². The lowest BCUT2D eigenvalue weighted by molar-refractivity contribution is 0.177. The second kappa shape index (κ2) is 7.39. The molecule has 0 saturated carbocycles. The SMILES string of the molecule is COc1cc2c(NC3CCN(C(C)C)CC3)nc(C)nc2cc1I. The van der Waals surface area contributed by atoms with Gasteiger partial charge in [0.25, 0.3) is 0 Å². The number of halogens is 1. The van der Waals surface area contributed by atoms with E-state index in [1.807, 2.05) is 13.0 Å². The largest absolute Gasteiger partial charge is 0.496 e. The summed E-state index contributed by atoms with van der Waals surface area (Å²) in [6, 6.07) is 5.19. The molecule has 1 aromatic carbocycles. The molecule has 5 nitrogen and oxygen atoms in total. The van der Waals surface area contributed by atoms with Crippen LogP contribution in [-0.2, 0) is 0 Å². The smallest absolute Gasteiger partial charge is 0.137 e. The van der Waals surface area contributed by atoms with E-state index in [9.17, 15) is 0 Å². The standard InChI is InChI=1S/C18H25IN4O/c1-11(2)23-7-5-13(6-8-23)22-18-14-9-17(24-4)15(19)10-16(14)20-12(3)21-18/h9-11,13H,5-8H2,1-4H3,(H,20,21,22). The van der Waals surface area contributed by atoms with Gasteiger partial charge in [-0.15, -0.1) is 0 Å². The summed E-state index contributed by atoms with van der Waals surface area (Å²) in [6.07, 6.45) is 2.29. The quantitative estimate of drug-likeness (QED) is 0.733. The van der Waals surface area contributed by atoms with Gasteiger partial charge in [0.1, 0.15) is 17.4 Å². The number of ether oxygens (including phenoxy) is 1. The zero-order valence-electron chi connectivity index (χ0n) is 14.8.